The van der Waals surface area contributed by atoms with Crippen LogP contribution in [0.3, 0.4) is 0 Å². The molecule has 3 heteroatoms. The van der Waals surface area contributed by atoms with Gasteiger partial charge in [0.05, 0.1) is 0 Å². The summed E-state index contributed by atoms with van der Waals surface area (Å²) in [5.74, 6) is 0.121. The van der Waals surface area contributed by atoms with Gasteiger partial charge in [0, 0.05) is 11.1 Å². The van der Waals surface area contributed by atoms with E-state index in [-0.39, 0.29) is 5.84 Å². The number of carbonyl (C=O) groups is 1. The highest BCUT2D eigenvalue weighted by molar-refractivity contribution is 5.94. The van der Waals surface area contributed by atoms with Gasteiger partial charge in [0.15, 0.2) is 0 Å². The Morgan fingerprint density at radius 1 is 0.941 bits per heavy atom. The van der Waals surface area contributed by atoms with Gasteiger partial charge in [-0.3, -0.25) is 10.2 Å². The summed E-state index contributed by atoms with van der Waals surface area (Å²) in [6.07, 6.45) is 0.833. The number of hydrogen-bond donors (Lipinski definition) is 2. The van der Waals surface area contributed by atoms with Gasteiger partial charge in [-0.25, -0.2) is 0 Å². The van der Waals surface area contributed by atoms with Crippen molar-refractivity contribution in [3.8, 4) is 0 Å². The van der Waals surface area contributed by atoms with Gasteiger partial charge >= 0.3 is 0 Å². The highest BCUT2D eigenvalue weighted by Gasteiger charge is 1.89. The first-order valence-corrected chi connectivity index (χ1v) is 5.13. The Kier molecular flexibility index (Phi) is 5.17. The van der Waals surface area contributed by atoms with E-state index >= 15 is 0 Å². The van der Waals surface area contributed by atoms with E-state index in [0.29, 0.717) is 0 Å². The summed E-state index contributed by atoms with van der Waals surface area (Å²) >= 11 is 0. The SMILES string of the molecule is N=C(N)c1ccccc1.O=Cc1ccccc1. The number of nitrogen functional groups attached to an aromatic ring is 1. The second kappa shape index (κ2) is 6.95. The molecule has 86 valence electrons. The first-order chi connectivity index (χ1) is 8.24. The molecule has 0 aliphatic carbocycles. The lowest BCUT2D eigenvalue weighted by atomic mass is 10.2. The zero-order valence-electron chi connectivity index (χ0n) is 9.34. The second-order valence-electron chi connectivity index (χ2n) is 3.31. The Morgan fingerprint density at radius 2 is 1.41 bits per heavy atom. The minimum absolute atomic E-state index is 0.121. The third kappa shape index (κ3) is 4.75. The fourth-order valence-corrected chi connectivity index (χ4v) is 1.15. The quantitative estimate of drug-likeness (QED) is 0.469. The summed E-state index contributed by atoms with van der Waals surface area (Å²) < 4.78 is 0. The van der Waals surface area contributed by atoms with Crippen LogP contribution in [0.1, 0.15) is 15.9 Å². The number of aldehydes is 1. The molecule has 2 aromatic carbocycles. The summed E-state index contributed by atoms with van der Waals surface area (Å²) in [7, 11) is 0. The Labute approximate surface area is 100 Å². The Bertz CT molecular complexity index is 466. The summed E-state index contributed by atoms with van der Waals surface area (Å²) in [5, 5.41) is 7.01. The molecule has 0 aliphatic heterocycles. The molecule has 0 fully saturated rings. The molecule has 2 rings (SSSR count). The maximum atomic E-state index is 10.0. The van der Waals surface area contributed by atoms with E-state index in [1.54, 1.807) is 12.1 Å². The first-order valence-electron chi connectivity index (χ1n) is 5.13. The molecule has 0 saturated carbocycles. The highest BCUT2D eigenvalue weighted by atomic mass is 16.1. The third-order valence-corrected chi connectivity index (χ3v) is 2.02. The molecular weight excluding hydrogens is 212 g/mol. The molecular formula is C14H14N2O. The molecule has 17 heavy (non-hydrogen) atoms. The van der Waals surface area contributed by atoms with Crippen molar-refractivity contribution in [2.75, 3.05) is 0 Å². The lowest BCUT2D eigenvalue weighted by Crippen LogP contribution is -2.10. The standard InChI is InChI=1S/C7H8N2.C7H6O/c8-7(9)6-4-2-1-3-5-6;8-6-7-4-2-1-3-5-7/h1-5H,(H3,8,9);1-6H. The van der Waals surface area contributed by atoms with Crippen molar-refractivity contribution in [1.82, 2.24) is 0 Å². The van der Waals surface area contributed by atoms with Crippen LogP contribution in [0.25, 0.3) is 0 Å². The van der Waals surface area contributed by atoms with E-state index in [1.165, 1.54) is 0 Å². The zero-order valence-corrected chi connectivity index (χ0v) is 9.34. The van der Waals surface area contributed by atoms with Gasteiger partial charge < -0.3 is 5.73 Å². The zero-order chi connectivity index (χ0) is 12.5. The number of carbonyl (C=O) groups excluding carboxylic acids is 1. The van der Waals surface area contributed by atoms with Crippen molar-refractivity contribution in [2.45, 2.75) is 0 Å². The van der Waals surface area contributed by atoms with Gasteiger partial charge in [-0.15, -0.1) is 0 Å². The Hall–Kier alpha value is -2.42. The lowest BCUT2D eigenvalue weighted by molar-refractivity contribution is 0.112. The minimum Gasteiger partial charge on any atom is -0.384 e. The summed E-state index contributed by atoms with van der Waals surface area (Å²) in [6.45, 7) is 0. The molecule has 0 spiro atoms. The van der Waals surface area contributed by atoms with E-state index in [1.807, 2.05) is 48.5 Å². The van der Waals surface area contributed by atoms with Crippen molar-refractivity contribution in [2.24, 2.45) is 5.73 Å². The van der Waals surface area contributed by atoms with Gasteiger partial charge in [-0.1, -0.05) is 60.7 Å². The van der Waals surface area contributed by atoms with Crippen LogP contribution < -0.4 is 5.73 Å². The molecule has 0 heterocycles. The normalized spacial score (nSPS) is 8.71. The number of amidine groups is 1. The van der Waals surface area contributed by atoms with E-state index in [9.17, 15) is 4.79 Å². The highest BCUT2D eigenvalue weighted by Crippen LogP contribution is 1.94. The van der Waals surface area contributed by atoms with Crippen LogP contribution in [0.5, 0.6) is 0 Å². The van der Waals surface area contributed by atoms with Crippen molar-refractivity contribution in [3.63, 3.8) is 0 Å². The lowest BCUT2D eigenvalue weighted by Gasteiger charge is -1.93. The maximum absolute atomic E-state index is 10.0. The molecule has 0 saturated heterocycles. The number of benzene rings is 2. The van der Waals surface area contributed by atoms with Gasteiger partial charge in [0.1, 0.15) is 12.1 Å². The van der Waals surface area contributed by atoms with E-state index in [2.05, 4.69) is 0 Å². The predicted octanol–water partition coefficient (Wildman–Crippen LogP) is 2.47. The van der Waals surface area contributed by atoms with Crippen LogP contribution in [-0.2, 0) is 0 Å². The smallest absolute Gasteiger partial charge is 0.150 e. The molecule has 2 aromatic rings. The van der Waals surface area contributed by atoms with Gasteiger partial charge in [-0.05, 0) is 0 Å². The van der Waals surface area contributed by atoms with E-state index < -0.39 is 0 Å². The molecule has 0 unspecified atom stereocenters. The van der Waals surface area contributed by atoms with Crippen LogP contribution in [-0.4, -0.2) is 12.1 Å². The fraction of sp³-hybridized carbons (Fsp3) is 0. The Morgan fingerprint density at radius 3 is 1.71 bits per heavy atom. The van der Waals surface area contributed by atoms with Crippen LogP contribution in [0.2, 0.25) is 0 Å². The first kappa shape index (κ1) is 12.6. The van der Waals surface area contributed by atoms with Gasteiger partial charge in [0.2, 0.25) is 0 Å². The molecule has 0 atom stereocenters. The van der Waals surface area contributed by atoms with Gasteiger partial charge in [0.25, 0.3) is 0 Å². The number of nitrogens with two attached hydrogens (primary N) is 1. The third-order valence-electron chi connectivity index (χ3n) is 2.02. The number of nitrogens with one attached hydrogen (secondary N) is 1. The Balaban J connectivity index is 0.000000171. The molecule has 0 aliphatic rings. The molecule has 0 radical (unpaired) electrons. The average molecular weight is 226 g/mol. The summed E-state index contributed by atoms with van der Waals surface area (Å²) in [5.41, 5.74) is 6.70. The molecule has 0 bridgehead atoms. The van der Waals surface area contributed by atoms with Crippen LogP contribution >= 0.6 is 0 Å². The largest absolute Gasteiger partial charge is 0.384 e. The number of hydrogen-bond acceptors (Lipinski definition) is 2. The molecule has 0 amide bonds. The maximum Gasteiger partial charge on any atom is 0.150 e. The van der Waals surface area contributed by atoms with Crippen molar-refractivity contribution in [3.05, 3.63) is 71.8 Å². The van der Waals surface area contributed by atoms with E-state index in [4.69, 9.17) is 11.1 Å². The van der Waals surface area contributed by atoms with Crippen LogP contribution in [0.15, 0.2) is 60.7 Å². The van der Waals surface area contributed by atoms with Crippen LogP contribution in [0.4, 0.5) is 0 Å². The summed E-state index contributed by atoms with van der Waals surface area (Å²) in [6, 6.07) is 18.3. The fourth-order valence-electron chi connectivity index (χ4n) is 1.15. The van der Waals surface area contributed by atoms with Crippen molar-refractivity contribution < 1.29 is 4.79 Å². The monoisotopic (exact) mass is 226 g/mol. The topological polar surface area (TPSA) is 66.9 Å². The minimum atomic E-state index is 0.121. The number of rotatable bonds is 2. The van der Waals surface area contributed by atoms with E-state index in [0.717, 1.165) is 17.4 Å². The molecule has 3 N–H and O–H groups in total. The predicted molar refractivity (Wildman–Crippen MR) is 69.3 cm³/mol. The molecule has 0 aromatic heterocycles. The second-order valence-corrected chi connectivity index (χ2v) is 3.31. The average Bonchev–Trinajstić information content (AvgIpc) is 2.41. The van der Waals surface area contributed by atoms with Crippen molar-refractivity contribution in [1.29, 1.82) is 5.41 Å². The van der Waals surface area contributed by atoms with Crippen molar-refractivity contribution >= 4 is 12.1 Å². The van der Waals surface area contributed by atoms with Crippen LogP contribution in [0, 0.1) is 5.41 Å². The molecule has 3 nitrogen and oxygen atoms in total. The summed E-state index contributed by atoms with van der Waals surface area (Å²) in [4.78, 5) is 10.0. The van der Waals surface area contributed by atoms with Gasteiger partial charge in [-0.2, -0.15) is 0 Å².